The van der Waals surface area contributed by atoms with Crippen LogP contribution in [0.25, 0.3) is 0 Å². The molecule has 1 amide bonds. The molecule has 0 aromatic rings. The lowest BCUT2D eigenvalue weighted by Gasteiger charge is -2.20. The van der Waals surface area contributed by atoms with Gasteiger partial charge in [0, 0.05) is 13.0 Å². The molecule has 0 aromatic carbocycles. The Balaban J connectivity index is 3.79. The SMILES string of the molecule is CCCC(NC(C)=O)C(C)C. The fourth-order valence-electron chi connectivity index (χ4n) is 1.14. The van der Waals surface area contributed by atoms with E-state index in [9.17, 15) is 4.79 Å². The van der Waals surface area contributed by atoms with Gasteiger partial charge in [-0.1, -0.05) is 27.2 Å². The molecule has 1 unspecified atom stereocenters. The Labute approximate surface area is 69.4 Å². The molecule has 0 heterocycles. The number of nitrogens with one attached hydrogen (secondary N) is 1. The van der Waals surface area contributed by atoms with Crippen molar-refractivity contribution in [2.24, 2.45) is 5.92 Å². The van der Waals surface area contributed by atoms with Crippen LogP contribution in [0, 0.1) is 5.92 Å². The smallest absolute Gasteiger partial charge is 0.217 e. The van der Waals surface area contributed by atoms with Gasteiger partial charge in [0.1, 0.15) is 0 Å². The zero-order valence-electron chi connectivity index (χ0n) is 7.98. The molecule has 0 fully saturated rings. The van der Waals surface area contributed by atoms with Gasteiger partial charge in [-0.15, -0.1) is 0 Å². The minimum Gasteiger partial charge on any atom is -0.353 e. The highest BCUT2D eigenvalue weighted by Gasteiger charge is 2.11. The molecule has 0 aliphatic rings. The fourth-order valence-corrected chi connectivity index (χ4v) is 1.14. The third-order valence-electron chi connectivity index (χ3n) is 1.79. The van der Waals surface area contributed by atoms with Crippen molar-refractivity contribution in [3.63, 3.8) is 0 Å². The molecule has 0 rings (SSSR count). The lowest BCUT2D eigenvalue weighted by atomic mass is 10.00. The normalized spacial score (nSPS) is 13.2. The molecule has 0 aliphatic carbocycles. The van der Waals surface area contributed by atoms with Crippen LogP contribution in [0.4, 0.5) is 0 Å². The van der Waals surface area contributed by atoms with Crippen LogP contribution in [0.2, 0.25) is 0 Å². The second kappa shape index (κ2) is 5.16. The fraction of sp³-hybridized carbons (Fsp3) is 0.889. The Hall–Kier alpha value is -0.530. The molecule has 0 bridgehead atoms. The quantitative estimate of drug-likeness (QED) is 0.664. The molecule has 66 valence electrons. The number of carbonyl (C=O) groups is 1. The highest BCUT2D eigenvalue weighted by atomic mass is 16.1. The third kappa shape index (κ3) is 4.82. The van der Waals surface area contributed by atoms with Crippen molar-refractivity contribution >= 4 is 5.91 Å². The van der Waals surface area contributed by atoms with Crippen molar-refractivity contribution in [2.75, 3.05) is 0 Å². The Morgan fingerprint density at radius 3 is 2.27 bits per heavy atom. The molecule has 0 aromatic heterocycles. The van der Waals surface area contributed by atoms with Gasteiger partial charge in [-0.05, 0) is 12.3 Å². The van der Waals surface area contributed by atoms with E-state index in [2.05, 4.69) is 26.1 Å². The maximum atomic E-state index is 10.7. The van der Waals surface area contributed by atoms with Crippen LogP contribution in [0.5, 0.6) is 0 Å². The summed E-state index contributed by atoms with van der Waals surface area (Å²) in [6, 6.07) is 0.359. The molecular formula is C9H19NO. The van der Waals surface area contributed by atoms with Crippen molar-refractivity contribution in [2.45, 2.75) is 46.6 Å². The van der Waals surface area contributed by atoms with E-state index in [1.165, 1.54) is 0 Å². The van der Waals surface area contributed by atoms with Crippen molar-refractivity contribution in [1.29, 1.82) is 0 Å². The Bertz CT molecular complexity index is 121. The minimum atomic E-state index is 0.0807. The number of hydrogen-bond donors (Lipinski definition) is 1. The maximum absolute atomic E-state index is 10.7. The first-order valence-electron chi connectivity index (χ1n) is 4.35. The minimum absolute atomic E-state index is 0.0807. The number of rotatable bonds is 4. The van der Waals surface area contributed by atoms with E-state index in [-0.39, 0.29) is 5.91 Å². The molecule has 0 aliphatic heterocycles. The van der Waals surface area contributed by atoms with Crippen LogP contribution in [0.3, 0.4) is 0 Å². The number of hydrogen-bond acceptors (Lipinski definition) is 1. The molecule has 0 spiro atoms. The standard InChI is InChI=1S/C9H19NO/c1-5-6-9(7(2)3)10-8(4)11/h7,9H,5-6H2,1-4H3,(H,10,11). The van der Waals surface area contributed by atoms with Crippen molar-refractivity contribution in [1.82, 2.24) is 5.32 Å². The summed E-state index contributed by atoms with van der Waals surface area (Å²) in [7, 11) is 0. The van der Waals surface area contributed by atoms with E-state index in [1.54, 1.807) is 6.92 Å². The lowest BCUT2D eigenvalue weighted by molar-refractivity contribution is -0.120. The molecule has 2 nitrogen and oxygen atoms in total. The summed E-state index contributed by atoms with van der Waals surface area (Å²) in [5, 5.41) is 2.94. The van der Waals surface area contributed by atoms with Crippen LogP contribution in [0.15, 0.2) is 0 Å². The molecule has 11 heavy (non-hydrogen) atoms. The zero-order chi connectivity index (χ0) is 8.85. The monoisotopic (exact) mass is 157 g/mol. The van der Waals surface area contributed by atoms with Crippen LogP contribution >= 0.6 is 0 Å². The molecule has 1 atom stereocenters. The Morgan fingerprint density at radius 1 is 1.45 bits per heavy atom. The Morgan fingerprint density at radius 2 is 2.00 bits per heavy atom. The van der Waals surface area contributed by atoms with E-state index >= 15 is 0 Å². The average molecular weight is 157 g/mol. The van der Waals surface area contributed by atoms with Crippen LogP contribution < -0.4 is 5.32 Å². The molecular weight excluding hydrogens is 138 g/mol. The zero-order valence-corrected chi connectivity index (χ0v) is 7.98. The van der Waals surface area contributed by atoms with E-state index in [1.807, 2.05) is 0 Å². The van der Waals surface area contributed by atoms with Crippen molar-refractivity contribution in [3.05, 3.63) is 0 Å². The lowest BCUT2D eigenvalue weighted by Crippen LogP contribution is -2.36. The van der Waals surface area contributed by atoms with Crippen LogP contribution in [-0.4, -0.2) is 11.9 Å². The van der Waals surface area contributed by atoms with Crippen molar-refractivity contribution < 1.29 is 4.79 Å². The predicted octanol–water partition coefficient (Wildman–Crippen LogP) is 1.95. The summed E-state index contributed by atoms with van der Waals surface area (Å²) in [5.41, 5.74) is 0. The second-order valence-corrected chi connectivity index (χ2v) is 3.34. The predicted molar refractivity (Wildman–Crippen MR) is 47.4 cm³/mol. The summed E-state index contributed by atoms with van der Waals surface area (Å²) < 4.78 is 0. The first-order chi connectivity index (χ1) is 5.07. The highest BCUT2D eigenvalue weighted by molar-refractivity contribution is 5.73. The number of carbonyl (C=O) groups excluding carboxylic acids is 1. The first kappa shape index (κ1) is 10.5. The Kier molecular flexibility index (Phi) is 4.92. The van der Waals surface area contributed by atoms with Crippen molar-refractivity contribution in [3.8, 4) is 0 Å². The van der Waals surface area contributed by atoms with Crippen LogP contribution in [-0.2, 0) is 4.79 Å². The third-order valence-corrected chi connectivity index (χ3v) is 1.79. The van der Waals surface area contributed by atoms with Gasteiger partial charge >= 0.3 is 0 Å². The molecule has 0 saturated heterocycles. The summed E-state index contributed by atoms with van der Waals surface area (Å²) in [4.78, 5) is 10.7. The molecule has 2 heteroatoms. The average Bonchev–Trinajstić information content (AvgIpc) is 1.86. The van der Waals surface area contributed by atoms with Gasteiger partial charge in [-0.25, -0.2) is 0 Å². The maximum Gasteiger partial charge on any atom is 0.217 e. The number of amides is 1. The largest absolute Gasteiger partial charge is 0.353 e. The van der Waals surface area contributed by atoms with Gasteiger partial charge in [0.15, 0.2) is 0 Å². The van der Waals surface area contributed by atoms with E-state index in [0.717, 1.165) is 12.8 Å². The summed E-state index contributed by atoms with van der Waals surface area (Å²) in [6.45, 7) is 7.98. The van der Waals surface area contributed by atoms with Gasteiger partial charge in [-0.3, -0.25) is 4.79 Å². The van der Waals surface area contributed by atoms with E-state index in [0.29, 0.717) is 12.0 Å². The second-order valence-electron chi connectivity index (χ2n) is 3.34. The summed E-state index contributed by atoms with van der Waals surface area (Å²) >= 11 is 0. The van der Waals surface area contributed by atoms with Crippen LogP contribution in [0.1, 0.15) is 40.5 Å². The highest BCUT2D eigenvalue weighted by Crippen LogP contribution is 2.07. The van der Waals surface area contributed by atoms with E-state index < -0.39 is 0 Å². The topological polar surface area (TPSA) is 29.1 Å². The van der Waals surface area contributed by atoms with Gasteiger partial charge in [0.2, 0.25) is 5.91 Å². The summed E-state index contributed by atoms with van der Waals surface area (Å²) in [5.74, 6) is 0.621. The van der Waals surface area contributed by atoms with Gasteiger partial charge in [0.05, 0.1) is 0 Å². The molecule has 0 saturated carbocycles. The summed E-state index contributed by atoms with van der Waals surface area (Å²) in [6.07, 6.45) is 2.21. The first-order valence-corrected chi connectivity index (χ1v) is 4.35. The van der Waals surface area contributed by atoms with Gasteiger partial charge < -0.3 is 5.32 Å². The molecule has 0 radical (unpaired) electrons. The van der Waals surface area contributed by atoms with Gasteiger partial charge in [0.25, 0.3) is 0 Å². The van der Waals surface area contributed by atoms with Gasteiger partial charge in [-0.2, -0.15) is 0 Å². The molecule has 1 N–H and O–H groups in total. The van der Waals surface area contributed by atoms with E-state index in [4.69, 9.17) is 0 Å².